The van der Waals surface area contributed by atoms with Crippen molar-refractivity contribution in [2.75, 3.05) is 0 Å². The molecule has 0 bridgehead atoms. The van der Waals surface area contributed by atoms with E-state index >= 15 is 0 Å². The third-order valence-electron chi connectivity index (χ3n) is 12.7. The van der Waals surface area contributed by atoms with Crippen LogP contribution in [-0.4, -0.2) is 8.07 Å². The molecule has 2 aromatic carbocycles. The van der Waals surface area contributed by atoms with Crippen LogP contribution in [0.1, 0.15) is 97.4 Å². The van der Waals surface area contributed by atoms with Crippen molar-refractivity contribution in [2.24, 2.45) is 41.4 Å². The minimum atomic E-state index is -1.73. The average molecular weight is 809 g/mol. The van der Waals surface area contributed by atoms with E-state index in [4.69, 9.17) is 17.0 Å². The molecule has 4 heteroatoms. The molecule has 0 N–H and O–H groups in total. The molecule has 0 radical (unpaired) electrons. The molecule has 2 saturated carbocycles. The molecule has 0 amide bonds. The van der Waals surface area contributed by atoms with Gasteiger partial charge in [0, 0.05) is 0 Å². The summed E-state index contributed by atoms with van der Waals surface area (Å²) in [4.78, 5) is 0. The minimum absolute atomic E-state index is 0. The maximum atomic E-state index is 4.93. The normalized spacial score (nSPS) is 28.6. The van der Waals surface area contributed by atoms with Crippen LogP contribution in [0.4, 0.5) is 0 Å². The number of hydrogen-bond acceptors (Lipinski definition) is 0. The number of hydrogen-bond donors (Lipinski definition) is 0. The molecular formula is C46H66Cl2SiZr. The van der Waals surface area contributed by atoms with Crippen molar-refractivity contribution in [1.82, 2.24) is 0 Å². The molecule has 0 saturated heterocycles. The number of benzene rings is 2. The molecule has 4 aliphatic rings. The topological polar surface area (TPSA) is 0 Å². The molecule has 2 aromatic rings. The van der Waals surface area contributed by atoms with Gasteiger partial charge >= 0.3 is 37.9 Å². The molecule has 8 atom stereocenters. The van der Waals surface area contributed by atoms with E-state index in [0.717, 1.165) is 28.8 Å². The summed E-state index contributed by atoms with van der Waals surface area (Å²) in [7, 11) is 8.14. The second-order valence-corrected chi connectivity index (χ2v) is 27.0. The summed E-state index contributed by atoms with van der Waals surface area (Å²) in [5, 5.41) is 0. The molecule has 6 rings (SSSR count). The predicted octanol–water partition coefficient (Wildman–Crippen LogP) is 14.8. The Kier molecular flexibility index (Phi) is 14.8. The number of halogens is 2. The van der Waals surface area contributed by atoms with E-state index in [0.29, 0.717) is 23.7 Å². The van der Waals surface area contributed by atoms with Gasteiger partial charge in [0.1, 0.15) is 0 Å². The van der Waals surface area contributed by atoms with Gasteiger partial charge in [0.25, 0.3) is 0 Å². The number of rotatable bonds is 5. The molecular weight excluding hydrogens is 743 g/mol. The SMILES string of the molecule is CC(C)C1CC2C(c3ccc(C(C)(C)C)cc3)=CC=CC2C1[Si](C)(C)C1C(C)CC2C(c3ccc(C(C)(C)C)cc3)=CC=CC21.[CH3-].[CH3-].[Cl][Zr+2][Cl]. The summed E-state index contributed by atoms with van der Waals surface area (Å²) in [6, 6.07) is 19.2. The predicted molar refractivity (Wildman–Crippen MR) is 225 cm³/mol. The quantitative estimate of drug-likeness (QED) is 0.208. The van der Waals surface area contributed by atoms with Gasteiger partial charge < -0.3 is 14.9 Å². The van der Waals surface area contributed by atoms with E-state index in [2.05, 4.69) is 160 Å². The van der Waals surface area contributed by atoms with Crippen molar-refractivity contribution in [3.05, 3.63) is 122 Å². The Bertz CT molecular complexity index is 1530. The van der Waals surface area contributed by atoms with E-state index in [1.807, 2.05) is 0 Å². The van der Waals surface area contributed by atoms with Crippen LogP contribution in [0.15, 0.2) is 85.0 Å². The molecule has 8 unspecified atom stereocenters. The van der Waals surface area contributed by atoms with E-state index in [-0.39, 0.29) is 25.7 Å². The maximum absolute atomic E-state index is 4.93. The Morgan fingerprint density at radius 2 is 1.04 bits per heavy atom. The summed E-state index contributed by atoms with van der Waals surface area (Å²) in [6.45, 7) is 27.2. The van der Waals surface area contributed by atoms with E-state index in [9.17, 15) is 0 Å². The van der Waals surface area contributed by atoms with Gasteiger partial charge in [0.2, 0.25) is 0 Å². The van der Waals surface area contributed by atoms with Gasteiger partial charge in [0.05, 0.1) is 8.07 Å². The Morgan fingerprint density at radius 1 is 0.660 bits per heavy atom. The van der Waals surface area contributed by atoms with Gasteiger partial charge in [-0.15, -0.1) is 0 Å². The van der Waals surface area contributed by atoms with Crippen LogP contribution in [-0.2, 0) is 31.7 Å². The van der Waals surface area contributed by atoms with Gasteiger partial charge in [-0.25, -0.2) is 0 Å². The van der Waals surface area contributed by atoms with Gasteiger partial charge in [-0.2, -0.15) is 0 Å². The molecule has 0 spiro atoms. The zero-order valence-electron chi connectivity index (χ0n) is 33.4. The first kappa shape index (κ1) is 43.5. The van der Waals surface area contributed by atoms with E-state index in [1.54, 1.807) is 11.1 Å². The third-order valence-corrected chi connectivity index (χ3v) is 17.9. The molecule has 2 fully saturated rings. The molecule has 0 aromatic heterocycles. The first-order chi connectivity index (χ1) is 22.5. The fourth-order valence-electron chi connectivity index (χ4n) is 10.6. The van der Waals surface area contributed by atoms with Crippen LogP contribution in [0.3, 0.4) is 0 Å². The Balaban J connectivity index is 0.00000131. The Labute approximate surface area is 328 Å². The zero-order chi connectivity index (χ0) is 35.2. The van der Waals surface area contributed by atoms with Crippen molar-refractivity contribution in [3.63, 3.8) is 0 Å². The van der Waals surface area contributed by atoms with Crippen molar-refractivity contribution in [2.45, 2.75) is 110 Å². The summed E-state index contributed by atoms with van der Waals surface area (Å²) in [5.74, 6) is 4.91. The monoisotopic (exact) mass is 806 g/mol. The van der Waals surface area contributed by atoms with Gasteiger partial charge in [-0.3, -0.25) is 0 Å². The Hall–Kier alpha value is -0.920. The second kappa shape index (κ2) is 17.0. The zero-order valence-corrected chi connectivity index (χ0v) is 38.4. The van der Waals surface area contributed by atoms with Gasteiger partial charge in [-0.1, -0.05) is 160 Å². The van der Waals surface area contributed by atoms with Gasteiger partial charge in [0.15, 0.2) is 0 Å². The average Bonchev–Trinajstić information content (AvgIpc) is 3.59. The number of fused-ring (bicyclic) bond motifs is 2. The Morgan fingerprint density at radius 3 is 1.42 bits per heavy atom. The van der Waals surface area contributed by atoms with Crippen LogP contribution in [0.5, 0.6) is 0 Å². The van der Waals surface area contributed by atoms with Crippen molar-refractivity contribution >= 4 is 36.2 Å². The van der Waals surface area contributed by atoms with Gasteiger partial charge in [-0.05, 0) is 110 Å². The summed E-state index contributed by atoms with van der Waals surface area (Å²) in [5.41, 5.74) is 10.9. The molecule has 272 valence electrons. The van der Waals surface area contributed by atoms with Crippen molar-refractivity contribution in [3.8, 4) is 0 Å². The fourth-order valence-corrected chi connectivity index (χ4v) is 16.9. The van der Waals surface area contributed by atoms with Crippen molar-refractivity contribution in [1.29, 1.82) is 0 Å². The molecule has 0 nitrogen and oxygen atoms in total. The molecule has 50 heavy (non-hydrogen) atoms. The fraction of sp³-hybridized carbons (Fsp3) is 0.522. The van der Waals surface area contributed by atoms with E-state index in [1.165, 1.54) is 35.1 Å². The van der Waals surface area contributed by atoms with Crippen LogP contribution in [0.2, 0.25) is 24.2 Å². The first-order valence-corrected chi connectivity index (χ1v) is 27.9. The summed E-state index contributed by atoms with van der Waals surface area (Å²) < 4.78 is 0. The summed E-state index contributed by atoms with van der Waals surface area (Å²) >= 11 is -0.826. The standard InChI is InChI=1S/C44H60Si.2CH3.2ClH.Zr/c1-28(2)38-27-40-35(31-20-24-33(25-21-31)44(7,8)9)15-13-17-37(40)42(38)45(10,11)41-29(3)26-39-34(14-12-16-36(39)41)30-18-22-32(23-19-30)43(4,5)6;;;;;/h12-25,28-29,36-42H,26-27H2,1-11H3;2*1H3;2*1H;/q;2*-1;;;+4/p-2. The first-order valence-electron chi connectivity index (χ1n) is 18.5. The van der Waals surface area contributed by atoms with E-state index < -0.39 is 28.9 Å². The van der Waals surface area contributed by atoms with Crippen LogP contribution >= 0.6 is 17.0 Å². The van der Waals surface area contributed by atoms with Crippen molar-refractivity contribution < 1.29 is 20.8 Å². The second-order valence-electron chi connectivity index (χ2n) is 18.3. The van der Waals surface area contributed by atoms with Crippen LogP contribution in [0, 0.1) is 56.3 Å². The molecule has 0 heterocycles. The molecule has 0 aliphatic heterocycles. The third kappa shape index (κ3) is 8.72. The van der Waals surface area contributed by atoms with Crippen LogP contribution < -0.4 is 0 Å². The summed E-state index contributed by atoms with van der Waals surface area (Å²) in [6.07, 6.45) is 17.7. The molecule has 4 aliphatic carbocycles. The number of allylic oxidation sites excluding steroid dienone is 8. The van der Waals surface area contributed by atoms with Crippen LogP contribution in [0.25, 0.3) is 11.1 Å².